The van der Waals surface area contributed by atoms with Crippen LogP contribution in [0.2, 0.25) is 0 Å². The first-order valence-corrected chi connectivity index (χ1v) is 8.74. The third-order valence-corrected chi connectivity index (χ3v) is 4.21. The van der Waals surface area contributed by atoms with E-state index in [2.05, 4.69) is 22.3 Å². The minimum Gasteiger partial charge on any atom is -0.349 e. The molecule has 0 atom stereocenters. The van der Waals surface area contributed by atoms with Crippen LogP contribution in [0.3, 0.4) is 0 Å². The van der Waals surface area contributed by atoms with Gasteiger partial charge in [0.1, 0.15) is 0 Å². The van der Waals surface area contributed by atoms with Gasteiger partial charge in [0.2, 0.25) is 5.91 Å². The number of carbonyl (C=O) groups excluding carboxylic acids is 2. The highest BCUT2D eigenvalue weighted by Gasteiger charge is 2.15. The van der Waals surface area contributed by atoms with Crippen molar-refractivity contribution < 1.29 is 9.59 Å². The van der Waals surface area contributed by atoms with E-state index in [-0.39, 0.29) is 23.8 Å². The number of aryl methyl sites for hydroxylation is 1. The number of fused-ring (bicyclic) bond motifs is 1. The van der Waals surface area contributed by atoms with Gasteiger partial charge in [-0.25, -0.2) is 4.68 Å². The lowest BCUT2D eigenvalue weighted by Gasteiger charge is -2.12. The number of nitrogens with zero attached hydrogens (tertiary/aromatic N) is 2. The third kappa shape index (κ3) is 3.98. The maximum Gasteiger partial charge on any atom is 0.274 e. The van der Waals surface area contributed by atoms with Crippen LogP contribution in [0.25, 0.3) is 10.8 Å². The lowest BCUT2D eigenvalue weighted by molar-refractivity contribution is -0.115. The smallest absolute Gasteiger partial charge is 0.274 e. The summed E-state index contributed by atoms with van der Waals surface area (Å²) in [7, 11) is 1.55. The molecule has 3 aromatic rings. The fraction of sp³-hybridized carbons (Fsp3) is 0.143. The summed E-state index contributed by atoms with van der Waals surface area (Å²) in [5, 5.41) is 10.8. The molecule has 0 saturated carbocycles. The molecule has 1 aromatic heterocycles. The van der Waals surface area contributed by atoms with E-state index >= 15 is 0 Å². The lowest BCUT2D eigenvalue weighted by Crippen LogP contribution is -2.26. The molecular formula is C21H20N4O3. The molecule has 0 unspecified atom stereocenters. The Morgan fingerprint density at radius 1 is 1.11 bits per heavy atom. The van der Waals surface area contributed by atoms with Gasteiger partial charge in [0.15, 0.2) is 0 Å². The molecule has 2 amide bonds. The Kier molecular flexibility index (Phi) is 5.64. The SMILES string of the molecule is C=CCNC(=O)c1ccccc1NC(=O)Cc1nn(C)c(=O)c2ccccc12. The van der Waals surface area contributed by atoms with Crippen molar-refractivity contribution in [2.45, 2.75) is 6.42 Å². The summed E-state index contributed by atoms with van der Waals surface area (Å²) < 4.78 is 1.22. The zero-order valence-corrected chi connectivity index (χ0v) is 15.4. The molecule has 0 aliphatic carbocycles. The van der Waals surface area contributed by atoms with Crippen LogP contribution < -0.4 is 16.2 Å². The third-order valence-electron chi connectivity index (χ3n) is 4.21. The molecule has 0 aliphatic heterocycles. The number of amides is 2. The second kappa shape index (κ2) is 8.30. The van der Waals surface area contributed by atoms with Gasteiger partial charge in [-0.3, -0.25) is 14.4 Å². The topological polar surface area (TPSA) is 93.1 Å². The van der Waals surface area contributed by atoms with E-state index in [0.717, 1.165) is 0 Å². The van der Waals surface area contributed by atoms with Crippen molar-refractivity contribution in [3.05, 3.63) is 82.8 Å². The molecule has 2 aromatic carbocycles. The van der Waals surface area contributed by atoms with Crippen LogP contribution in [-0.2, 0) is 18.3 Å². The van der Waals surface area contributed by atoms with Crippen LogP contribution in [0.1, 0.15) is 16.1 Å². The Bertz CT molecular complexity index is 1120. The zero-order chi connectivity index (χ0) is 20.1. The average Bonchev–Trinajstić information content (AvgIpc) is 2.70. The number of hydrogen-bond donors (Lipinski definition) is 2. The monoisotopic (exact) mass is 376 g/mol. The van der Waals surface area contributed by atoms with Gasteiger partial charge < -0.3 is 10.6 Å². The first kappa shape index (κ1) is 19.0. The minimum absolute atomic E-state index is 0.0305. The first-order valence-electron chi connectivity index (χ1n) is 8.74. The molecule has 0 saturated heterocycles. The van der Waals surface area contributed by atoms with Gasteiger partial charge in [-0.1, -0.05) is 36.4 Å². The van der Waals surface area contributed by atoms with E-state index < -0.39 is 0 Å². The van der Waals surface area contributed by atoms with Gasteiger partial charge in [0, 0.05) is 19.0 Å². The summed E-state index contributed by atoms with van der Waals surface area (Å²) >= 11 is 0. The molecule has 3 rings (SSSR count). The number of nitrogens with one attached hydrogen (secondary N) is 2. The van der Waals surface area contributed by atoms with Crippen molar-refractivity contribution >= 4 is 28.3 Å². The molecule has 0 spiro atoms. The van der Waals surface area contributed by atoms with E-state index in [1.54, 1.807) is 61.7 Å². The molecule has 7 heteroatoms. The van der Waals surface area contributed by atoms with Gasteiger partial charge in [-0.15, -0.1) is 6.58 Å². The summed E-state index contributed by atoms with van der Waals surface area (Å²) in [6.07, 6.45) is 1.55. The molecule has 0 radical (unpaired) electrons. The number of rotatable bonds is 6. The van der Waals surface area contributed by atoms with Gasteiger partial charge >= 0.3 is 0 Å². The van der Waals surface area contributed by atoms with E-state index in [1.807, 2.05) is 0 Å². The molecule has 0 bridgehead atoms. The van der Waals surface area contributed by atoms with Gasteiger partial charge in [0.25, 0.3) is 11.5 Å². The molecule has 2 N–H and O–H groups in total. The highest BCUT2D eigenvalue weighted by Crippen LogP contribution is 2.17. The van der Waals surface area contributed by atoms with Crippen LogP contribution in [0, 0.1) is 0 Å². The second-order valence-corrected chi connectivity index (χ2v) is 6.19. The highest BCUT2D eigenvalue weighted by molar-refractivity contribution is 6.04. The summed E-state index contributed by atoms with van der Waals surface area (Å²) in [5.41, 5.74) is 1.03. The van der Waals surface area contributed by atoms with E-state index in [0.29, 0.717) is 34.3 Å². The van der Waals surface area contributed by atoms with Crippen molar-refractivity contribution in [3.8, 4) is 0 Å². The fourth-order valence-electron chi connectivity index (χ4n) is 2.90. The molecule has 0 aliphatic rings. The van der Waals surface area contributed by atoms with Crippen molar-refractivity contribution in [1.29, 1.82) is 0 Å². The van der Waals surface area contributed by atoms with Gasteiger partial charge in [0.05, 0.1) is 28.8 Å². The fourth-order valence-corrected chi connectivity index (χ4v) is 2.90. The Morgan fingerprint density at radius 2 is 1.79 bits per heavy atom. The maximum atomic E-state index is 12.6. The standard InChI is InChI=1S/C21H20N4O3/c1-3-12-22-20(27)16-10-6-7-11-17(16)23-19(26)13-18-14-8-4-5-9-15(14)21(28)25(2)24-18/h3-11H,1,12-13H2,2H3,(H,22,27)(H,23,26). The first-order chi connectivity index (χ1) is 13.5. The van der Waals surface area contributed by atoms with E-state index in [9.17, 15) is 14.4 Å². The van der Waals surface area contributed by atoms with Crippen LogP contribution in [-0.4, -0.2) is 28.1 Å². The Morgan fingerprint density at radius 3 is 2.54 bits per heavy atom. The molecule has 0 fully saturated rings. The summed E-state index contributed by atoms with van der Waals surface area (Å²) in [6.45, 7) is 3.89. The normalized spacial score (nSPS) is 10.5. The van der Waals surface area contributed by atoms with Crippen molar-refractivity contribution in [3.63, 3.8) is 0 Å². The van der Waals surface area contributed by atoms with Crippen molar-refractivity contribution in [2.75, 3.05) is 11.9 Å². The number of benzene rings is 2. The van der Waals surface area contributed by atoms with E-state index in [4.69, 9.17) is 0 Å². The van der Waals surface area contributed by atoms with Crippen LogP contribution in [0.4, 0.5) is 5.69 Å². The number of carbonyl (C=O) groups is 2. The summed E-state index contributed by atoms with van der Waals surface area (Å²) in [5.74, 6) is -0.637. The summed E-state index contributed by atoms with van der Waals surface area (Å²) in [6, 6.07) is 13.8. The van der Waals surface area contributed by atoms with Crippen LogP contribution in [0.15, 0.2) is 66.0 Å². The molecule has 28 heavy (non-hydrogen) atoms. The number of para-hydroxylation sites is 1. The van der Waals surface area contributed by atoms with Crippen LogP contribution in [0.5, 0.6) is 0 Å². The average molecular weight is 376 g/mol. The van der Waals surface area contributed by atoms with E-state index in [1.165, 1.54) is 4.68 Å². The summed E-state index contributed by atoms with van der Waals surface area (Å²) in [4.78, 5) is 37.1. The van der Waals surface area contributed by atoms with Gasteiger partial charge in [-0.05, 0) is 18.2 Å². The number of hydrogen-bond acceptors (Lipinski definition) is 4. The quantitative estimate of drug-likeness (QED) is 0.644. The molecule has 142 valence electrons. The van der Waals surface area contributed by atoms with Crippen molar-refractivity contribution in [2.24, 2.45) is 7.05 Å². The lowest BCUT2D eigenvalue weighted by atomic mass is 10.1. The largest absolute Gasteiger partial charge is 0.349 e. The Labute approximate surface area is 161 Å². The van der Waals surface area contributed by atoms with Crippen molar-refractivity contribution in [1.82, 2.24) is 15.1 Å². The predicted molar refractivity (Wildman–Crippen MR) is 108 cm³/mol. The second-order valence-electron chi connectivity index (χ2n) is 6.19. The predicted octanol–water partition coefficient (Wildman–Crippen LogP) is 2.03. The minimum atomic E-state index is -0.333. The molecular weight excluding hydrogens is 356 g/mol. The zero-order valence-electron chi connectivity index (χ0n) is 15.4. The number of anilines is 1. The molecule has 1 heterocycles. The molecule has 7 nitrogen and oxygen atoms in total. The van der Waals surface area contributed by atoms with Gasteiger partial charge in [-0.2, -0.15) is 5.10 Å². The Hall–Kier alpha value is -3.74. The number of aromatic nitrogens is 2. The van der Waals surface area contributed by atoms with Crippen LogP contribution >= 0.6 is 0 Å². The Balaban J connectivity index is 1.86. The highest BCUT2D eigenvalue weighted by atomic mass is 16.2. The maximum absolute atomic E-state index is 12.6.